The molecule has 19 heavy (non-hydrogen) atoms. The van der Waals surface area contributed by atoms with Crippen molar-refractivity contribution >= 4 is 21.8 Å². The zero-order valence-corrected chi connectivity index (χ0v) is 12.4. The molecule has 1 saturated heterocycles. The van der Waals surface area contributed by atoms with E-state index in [-0.39, 0.29) is 12.0 Å². The first-order valence-corrected chi connectivity index (χ1v) is 7.33. The van der Waals surface area contributed by atoms with Gasteiger partial charge >= 0.3 is 0 Å². The van der Waals surface area contributed by atoms with Crippen LogP contribution in [0.1, 0.15) is 12.0 Å². The van der Waals surface area contributed by atoms with Crippen molar-refractivity contribution in [2.75, 3.05) is 26.2 Å². The highest BCUT2D eigenvalue weighted by atomic mass is 79.9. The summed E-state index contributed by atoms with van der Waals surface area (Å²) >= 11 is 3.47. The summed E-state index contributed by atoms with van der Waals surface area (Å²) in [6.07, 6.45) is 1.32. The smallest absolute Gasteiger partial charge is 0.227 e. The molecule has 0 radical (unpaired) electrons. The molecule has 0 aliphatic carbocycles. The van der Waals surface area contributed by atoms with Crippen LogP contribution in [-0.4, -0.2) is 43.2 Å². The average Bonchev–Trinajstić information content (AvgIpc) is 2.42. The quantitative estimate of drug-likeness (QED) is 0.913. The SMILES string of the molecule is NCCC1CN(C(=O)Cc2ccccc2Br)CCO1. The van der Waals surface area contributed by atoms with Crippen molar-refractivity contribution in [3.05, 3.63) is 34.3 Å². The third-order valence-corrected chi connectivity index (χ3v) is 4.05. The minimum absolute atomic E-state index is 0.0851. The number of nitrogens with zero attached hydrogens (tertiary/aromatic N) is 1. The summed E-state index contributed by atoms with van der Waals surface area (Å²) in [5, 5.41) is 0. The summed E-state index contributed by atoms with van der Waals surface area (Å²) in [7, 11) is 0. The van der Waals surface area contributed by atoms with Gasteiger partial charge in [-0.25, -0.2) is 0 Å². The Morgan fingerprint density at radius 2 is 2.26 bits per heavy atom. The average molecular weight is 327 g/mol. The standard InChI is InChI=1S/C14H19BrN2O2/c15-13-4-2-1-3-11(13)9-14(18)17-7-8-19-12(10-17)5-6-16/h1-4,12H,5-10,16H2. The van der Waals surface area contributed by atoms with Crippen LogP contribution in [-0.2, 0) is 16.0 Å². The molecule has 0 spiro atoms. The first-order chi connectivity index (χ1) is 9.20. The summed E-state index contributed by atoms with van der Waals surface area (Å²) in [6.45, 7) is 2.52. The monoisotopic (exact) mass is 326 g/mol. The van der Waals surface area contributed by atoms with Crippen LogP contribution in [0, 0.1) is 0 Å². The molecule has 1 aromatic carbocycles. The van der Waals surface area contributed by atoms with Crippen LogP contribution in [0.5, 0.6) is 0 Å². The van der Waals surface area contributed by atoms with Crippen molar-refractivity contribution in [3.63, 3.8) is 0 Å². The van der Waals surface area contributed by atoms with Crippen molar-refractivity contribution in [2.24, 2.45) is 5.73 Å². The van der Waals surface area contributed by atoms with Crippen LogP contribution >= 0.6 is 15.9 Å². The van der Waals surface area contributed by atoms with Gasteiger partial charge in [-0.05, 0) is 24.6 Å². The Balaban J connectivity index is 1.94. The summed E-state index contributed by atoms with van der Waals surface area (Å²) in [6, 6.07) is 7.83. The van der Waals surface area contributed by atoms with Gasteiger partial charge in [0.15, 0.2) is 0 Å². The number of amides is 1. The molecular formula is C14H19BrN2O2. The molecule has 1 atom stereocenters. The van der Waals surface area contributed by atoms with Crippen LogP contribution in [0.25, 0.3) is 0 Å². The fraction of sp³-hybridized carbons (Fsp3) is 0.500. The second-order valence-corrected chi connectivity index (χ2v) is 5.53. The van der Waals surface area contributed by atoms with Crippen LogP contribution in [0.15, 0.2) is 28.7 Å². The van der Waals surface area contributed by atoms with Gasteiger partial charge in [-0.1, -0.05) is 34.1 Å². The van der Waals surface area contributed by atoms with Gasteiger partial charge in [0.1, 0.15) is 0 Å². The van der Waals surface area contributed by atoms with Crippen LogP contribution < -0.4 is 5.73 Å². The van der Waals surface area contributed by atoms with Gasteiger partial charge in [0, 0.05) is 17.6 Å². The van der Waals surface area contributed by atoms with E-state index in [1.165, 1.54) is 0 Å². The molecule has 1 unspecified atom stereocenters. The normalized spacial score (nSPS) is 19.5. The molecule has 1 aromatic rings. The number of carbonyl (C=O) groups excluding carboxylic acids is 1. The van der Waals surface area contributed by atoms with Gasteiger partial charge in [0.05, 0.1) is 19.1 Å². The molecule has 4 nitrogen and oxygen atoms in total. The predicted octanol–water partition coefficient (Wildman–Crippen LogP) is 1.57. The fourth-order valence-electron chi connectivity index (χ4n) is 2.22. The molecule has 1 heterocycles. The zero-order chi connectivity index (χ0) is 13.7. The highest BCUT2D eigenvalue weighted by Crippen LogP contribution is 2.18. The number of carbonyl (C=O) groups is 1. The van der Waals surface area contributed by atoms with Crippen molar-refractivity contribution in [1.29, 1.82) is 0 Å². The molecule has 0 saturated carbocycles. The molecule has 104 valence electrons. The Hall–Kier alpha value is -0.910. The minimum atomic E-state index is 0.0851. The maximum Gasteiger partial charge on any atom is 0.227 e. The van der Waals surface area contributed by atoms with Gasteiger partial charge in [-0.15, -0.1) is 0 Å². The number of hydrogen-bond donors (Lipinski definition) is 1. The predicted molar refractivity (Wildman–Crippen MR) is 77.8 cm³/mol. The van der Waals surface area contributed by atoms with E-state index in [4.69, 9.17) is 10.5 Å². The summed E-state index contributed by atoms with van der Waals surface area (Å²) in [5.41, 5.74) is 6.56. The van der Waals surface area contributed by atoms with Crippen molar-refractivity contribution in [3.8, 4) is 0 Å². The molecule has 1 aliphatic rings. The lowest BCUT2D eigenvalue weighted by Gasteiger charge is -2.33. The maximum absolute atomic E-state index is 12.3. The van der Waals surface area contributed by atoms with E-state index in [0.29, 0.717) is 32.7 Å². The Kier molecular flexibility index (Phi) is 5.36. The van der Waals surface area contributed by atoms with Gasteiger partial charge in [0.25, 0.3) is 0 Å². The number of nitrogens with two attached hydrogens (primary N) is 1. The molecule has 1 amide bonds. The number of morpholine rings is 1. The lowest BCUT2D eigenvalue weighted by atomic mass is 10.1. The van der Waals surface area contributed by atoms with Crippen molar-refractivity contribution < 1.29 is 9.53 Å². The highest BCUT2D eigenvalue weighted by molar-refractivity contribution is 9.10. The largest absolute Gasteiger partial charge is 0.374 e. The van der Waals surface area contributed by atoms with E-state index in [2.05, 4.69) is 15.9 Å². The van der Waals surface area contributed by atoms with E-state index in [1.54, 1.807) is 0 Å². The fourth-order valence-corrected chi connectivity index (χ4v) is 2.65. The van der Waals surface area contributed by atoms with Crippen molar-refractivity contribution in [2.45, 2.75) is 18.9 Å². The van der Waals surface area contributed by atoms with E-state index in [1.807, 2.05) is 29.2 Å². The molecule has 2 rings (SSSR count). The Morgan fingerprint density at radius 3 is 3.00 bits per heavy atom. The van der Waals surface area contributed by atoms with E-state index < -0.39 is 0 Å². The minimum Gasteiger partial charge on any atom is -0.374 e. The second-order valence-electron chi connectivity index (χ2n) is 4.68. The molecule has 0 bridgehead atoms. The van der Waals surface area contributed by atoms with Gasteiger partial charge < -0.3 is 15.4 Å². The van der Waals surface area contributed by atoms with Gasteiger partial charge in [0.2, 0.25) is 5.91 Å². The molecule has 2 N–H and O–H groups in total. The molecular weight excluding hydrogens is 308 g/mol. The first kappa shape index (κ1) is 14.5. The van der Waals surface area contributed by atoms with E-state index in [0.717, 1.165) is 16.5 Å². The molecule has 1 fully saturated rings. The Bertz CT molecular complexity index is 437. The number of ether oxygens (including phenoxy) is 1. The van der Waals surface area contributed by atoms with Crippen LogP contribution in [0.3, 0.4) is 0 Å². The third kappa shape index (κ3) is 4.03. The number of halogens is 1. The first-order valence-electron chi connectivity index (χ1n) is 6.53. The van der Waals surface area contributed by atoms with Crippen LogP contribution in [0.4, 0.5) is 0 Å². The number of hydrogen-bond acceptors (Lipinski definition) is 3. The molecule has 5 heteroatoms. The lowest BCUT2D eigenvalue weighted by Crippen LogP contribution is -2.46. The third-order valence-electron chi connectivity index (χ3n) is 3.28. The lowest BCUT2D eigenvalue weighted by molar-refractivity contribution is -0.138. The zero-order valence-electron chi connectivity index (χ0n) is 10.8. The van der Waals surface area contributed by atoms with E-state index in [9.17, 15) is 4.79 Å². The summed E-state index contributed by atoms with van der Waals surface area (Å²) < 4.78 is 6.57. The van der Waals surface area contributed by atoms with Crippen LogP contribution in [0.2, 0.25) is 0 Å². The topological polar surface area (TPSA) is 55.6 Å². The summed E-state index contributed by atoms with van der Waals surface area (Å²) in [4.78, 5) is 14.2. The number of rotatable bonds is 4. The Morgan fingerprint density at radius 1 is 1.47 bits per heavy atom. The van der Waals surface area contributed by atoms with E-state index >= 15 is 0 Å². The van der Waals surface area contributed by atoms with Gasteiger partial charge in [-0.2, -0.15) is 0 Å². The number of benzene rings is 1. The van der Waals surface area contributed by atoms with Crippen molar-refractivity contribution in [1.82, 2.24) is 4.90 Å². The van der Waals surface area contributed by atoms with Gasteiger partial charge in [-0.3, -0.25) is 4.79 Å². The summed E-state index contributed by atoms with van der Waals surface area (Å²) in [5.74, 6) is 0.150. The molecule has 0 aromatic heterocycles. The molecule has 1 aliphatic heterocycles. The second kappa shape index (κ2) is 7.03. The Labute approximate surface area is 122 Å². The highest BCUT2D eigenvalue weighted by Gasteiger charge is 2.23. The maximum atomic E-state index is 12.3.